The van der Waals surface area contributed by atoms with Crippen LogP contribution in [-0.2, 0) is 0 Å². The lowest BCUT2D eigenvalue weighted by Gasteiger charge is -2.15. The molecular formula is C7H15FO. The largest absolute Gasteiger partial charge is 0.362 e. The SMILES string of the molecule is CCCCC(O)(F)CC. The van der Waals surface area contributed by atoms with Crippen molar-refractivity contribution in [3.8, 4) is 0 Å². The van der Waals surface area contributed by atoms with E-state index in [4.69, 9.17) is 5.11 Å². The molecule has 56 valence electrons. The Morgan fingerprint density at radius 1 is 1.44 bits per heavy atom. The number of rotatable bonds is 4. The van der Waals surface area contributed by atoms with Crippen LogP contribution in [0.1, 0.15) is 39.5 Å². The summed E-state index contributed by atoms with van der Waals surface area (Å²) < 4.78 is 12.6. The molecule has 0 aromatic carbocycles. The van der Waals surface area contributed by atoms with Gasteiger partial charge in [0.1, 0.15) is 0 Å². The van der Waals surface area contributed by atoms with Crippen molar-refractivity contribution in [3.63, 3.8) is 0 Å². The van der Waals surface area contributed by atoms with Gasteiger partial charge >= 0.3 is 0 Å². The van der Waals surface area contributed by atoms with Crippen LogP contribution < -0.4 is 0 Å². The van der Waals surface area contributed by atoms with Gasteiger partial charge < -0.3 is 5.11 Å². The lowest BCUT2D eigenvalue weighted by molar-refractivity contribution is -0.0978. The summed E-state index contributed by atoms with van der Waals surface area (Å²) in [4.78, 5) is 0. The summed E-state index contributed by atoms with van der Waals surface area (Å²) in [5.41, 5.74) is 0. The molecule has 0 aliphatic carbocycles. The van der Waals surface area contributed by atoms with Gasteiger partial charge in [0.15, 0.2) is 0 Å². The van der Waals surface area contributed by atoms with Gasteiger partial charge in [-0.25, -0.2) is 4.39 Å². The van der Waals surface area contributed by atoms with Crippen LogP contribution in [0.15, 0.2) is 0 Å². The van der Waals surface area contributed by atoms with Gasteiger partial charge in [0.25, 0.3) is 0 Å². The molecule has 0 aliphatic heterocycles. The zero-order valence-corrected chi connectivity index (χ0v) is 6.15. The first-order chi connectivity index (χ1) is 4.12. The van der Waals surface area contributed by atoms with Crippen molar-refractivity contribution < 1.29 is 9.50 Å². The van der Waals surface area contributed by atoms with Crippen molar-refractivity contribution in [3.05, 3.63) is 0 Å². The van der Waals surface area contributed by atoms with E-state index in [0.29, 0.717) is 0 Å². The smallest absolute Gasteiger partial charge is 0.206 e. The zero-order chi connectivity index (χ0) is 7.33. The molecule has 2 heteroatoms. The molecule has 0 rings (SSSR count). The van der Waals surface area contributed by atoms with Crippen LogP contribution in [0.5, 0.6) is 0 Å². The van der Waals surface area contributed by atoms with E-state index in [-0.39, 0.29) is 12.8 Å². The van der Waals surface area contributed by atoms with Crippen LogP contribution in [0.3, 0.4) is 0 Å². The first-order valence-electron chi connectivity index (χ1n) is 3.53. The third-order valence-electron chi connectivity index (χ3n) is 1.46. The maximum Gasteiger partial charge on any atom is 0.206 e. The van der Waals surface area contributed by atoms with Crippen LogP contribution in [0, 0.1) is 0 Å². The molecule has 0 bridgehead atoms. The van der Waals surface area contributed by atoms with Gasteiger partial charge in [-0.2, -0.15) is 0 Å². The second kappa shape index (κ2) is 3.83. The number of hydrogen-bond acceptors (Lipinski definition) is 1. The molecule has 0 saturated carbocycles. The van der Waals surface area contributed by atoms with E-state index >= 15 is 0 Å². The average molecular weight is 134 g/mol. The number of aliphatic hydroxyl groups is 1. The minimum Gasteiger partial charge on any atom is -0.362 e. The van der Waals surface area contributed by atoms with E-state index in [2.05, 4.69) is 0 Å². The van der Waals surface area contributed by atoms with E-state index in [1.165, 1.54) is 0 Å². The van der Waals surface area contributed by atoms with Gasteiger partial charge in [-0.15, -0.1) is 0 Å². The third-order valence-corrected chi connectivity index (χ3v) is 1.46. The van der Waals surface area contributed by atoms with Crippen LogP contribution >= 0.6 is 0 Å². The molecule has 0 aromatic heterocycles. The predicted octanol–water partition coefficient (Wildman–Crippen LogP) is 2.24. The van der Waals surface area contributed by atoms with Gasteiger partial charge in [-0.05, 0) is 6.42 Å². The molecule has 0 aliphatic rings. The molecule has 1 nitrogen and oxygen atoms in total. The Kier molecular flexibility index (Phi) is 3.78. The summed E-state index contributed by atoms with van der Waals surface area (Å²) in [6.07, 6.45) is 2.18. The standard InChI is InChI=1S/C7H15FO/c1-3-5-6-7(8,9)4-2/h9H,3-6H2,1-2H3. The highest BCUT2D eigenvalue weighted by Gasteiger charge is 2.21. The van der Waals surface area contributed by atoms with Crippen molar-refractivity contribution in [1.82, 2.24) is 0 Å². The molecule has 0 fully saturated rings. The Labute approximate surface area is 55.9 Å². The molecule has 0 spiro atoms. The quantitative estimate of drug-likeness (QED) is 0.625. The first kappa shape index (κ1) is 8.89. The highest BCUT2D eigenvalue weighted by molar-refractivity contribution is 4.60. The number of hydrogen-bond donors (Lipinski definition) is 1. The first-order valence-corrected chi connectivity index (χ1v) is 3.53. The molecule has 9 heavy (non-hydrogen) atoms. The van der Waals surface area contributed by atoms with Gasteiger partial charge in [0, 0.05) is 12.8 Å². The summed E-state index contributed by atoms with van der Waals surface area (Å²) in [6, 6.07) is 0. The minimum atomic E-state index is -1.91. The Hall–Kier alpha value is -0.110. The normalized spacial score (nSPS) is 17.3. The summed E-state index contributed by atoms with van der Waals surface area (Å²) in [5, 5.41) is 8.79. The van der Waals surface area contributed by atoms with Crippen LogP contribution in [0.25, 0.3) is 0 Å². The molecule has 0 aromatic rings. The Morgan fingerprint density at radius 2 is 2.00 bits per heavy atom. The van der Waals surface area contributed by atoms with Crippen molar-refractivity contribution in [1.29, 1.82) is 0 Å². The van der Waals surface area contributed by atoms with E-state index in [1.807, 2.05) is 6.92 Å². The number of alkyl halides is 1. The molecule has 0 saturated heterocycles. The molecule has 0 amide bonds. The minimum absolute atomic E-state index is 0.201. The van der Waals surface area contributed by atoms with Gasteiger partial charge in [-0.3, -0.25) is 0 Å². The molecule has 1 N–H and O–H groups in total. The summed E-state index contributed by atoms with van der Waals surface area (Å²) in [5.74, 6) is -1.91. The fourth-order valence-electron chi connectivity index (χ4n) is 0.624. The molecule has 0 radical (unpaired) electrons. The fourth-order valence-corrected chi connectivity index (χ4v) is 0.624. The van der Waals surface area contributed by atoms with Crippen molar-refractivity contribution in [2.24, 2.45) is 0 Å². The van der Waals surface area contributed by atoms with Crippen molar-refractivity contribution in [2.45, 2.75) is 45.4 Å². The Morgan fingerprint density at radius 3 is 2.33 bits per heavy atom. The second-order valence-electron chi connectivity index (χ2n) is 2.38. The maximum absolute atomic E-state index is 12.6. The van der Waals surface area contributed by atoms with E-state index < -0.39 is 5.85 Å². The summed E-state index contributed by atoms with van der Waals surface area (Å²) >= 11 is 0. The summed E-state index contributed by atoms with van der Waals surface area (Å²) in [6.45, 7) is 3.63. The van der Waals surface area contributed by atoms with Gasteiger partial charge in [-0.1, -0.05) is 20.3 Å². The lowest BCUT2D eigenvalue weighted by atomic mass is 10.1. The fraction of sp³-hybridized carbons (Fsp3) is 1.00. The zero-order valence-electron chi connectivity index (χ0n) is 6.15. The Balaban J connectivity index is 3.33. The molecule has 0 heterocycles. The molecule has 1 atom stereocenters. The number of halogens is 1. The number of unbranched alkanes of at least 4 members (excludes halogenated alkanes) is 1. The topological polar surface area (TPSA) is 20.2 Å². The molecular weight excluding hydrogens is 119 g/mol. The average Bonchev–Trinajstić information content (AvgIpc) is 1.84. The van der Waals surface area contributed by atoms with Crippen LogP contribution in [0.2, 0.25) is 0 Å². The van der Waals surface area contributed by atoms with Crippen LogP contribution in [-0.4, -0.2) is 11.0 Å². The van der Waals surface area contributed by atoms with E-state index in [9.17, 15) is 4.39 Å². The van der Waals surface area contributed by atoms with Crippen LogP contribution in [0.4, 0.5) is 4.39 Å². The van der Waals surface area contributed by atoms with E-state index in [1.54, 1.807) is 6.92 Å². The van der Waals surface area contributed by atoms with Gasteiger partial charge in [0.2, 0.25) is 5.85 Å². The maximum atomic E-state index is 12.6. The monoisotopic (exact) mass is 134 g/mol. The highest BCUT2D eigenvalue weighted by atomic mass is 19.2. The predicted molar refractivity (Wildman–Crippen MR) is 35.9 cm³/mol. The van der Waals surface area contributed by atoms with Gasteiger partial charge in [0.05, 0.1) is 0 Å². The van der Waals surface area contributed by atoms with Crippen molar-refractivity contribution >= 4 is 0 Å². The highest BCUT2D eigenvalue weighted by Crippen LogP contribution is 2.18. The lowest BCUT2D eigenvalue weighted by Crippen LogP contribution is -2.19. The Bertz CT molecular complexity index is 71.3. The van der Waals surface area contributed by atoms with Crippen molar-refractivity contribution in [2.75, 3.05) is 0 Å². The van der Waals surface area contributed by atoms with E-state index in [0.717, 1.165) is 12.8 Å². The molecule has 1 unspecified atom stereocenters. The summed E-state index contributed by atoms with van der Waals surface area (Å²) in [7, 11) is 0. The second-order valence-corrected chi connectivity index (χ2v) is 2.38. The third kappa shape index (κ3) is 4.40.